The number of halogens is 2. The van der Waals surface area contributed by atoms with Gasteiger partial charge >= 0.3 is 0 Å². The van der Waals surface area contributed by atoms with Crippen LogP contribution < -0.4 is 10.1 Å². The number of aromatic nitrogens is 2. The van der Waals surface area contributed by atoms with Gasteiger partial charge in [-0.3, -0.25) is 4.79 Å². The molecule has 1 amide bonds. The molecule has 2 rings (SSSR count). The Bertz CT molecular complexity index is 684. The summed E-state index contributed by atoms with van der Waals surface area (Å²) in [4.78, 5) is 16.3. The molecule has 5 nitrogen and oxygen atoms in total. The lowest BCUT2D eigenvalue weighted by Crippen LogP contribution is -2.28. The summed E-state index contributed by atoms with van der Waals surface area (Å²) in [6, 6.07) is 2.29. The Morgan fingerprint density at radius 3 is 2.67 bits per heavy atom. The first-order valence-electron chi connectivity index (χ1n) is 6.51. The molecule has 0 saturated carbocycles. The molecule has 0 saturated heterocycles. The minimum atomic E-state index is -0.522. The van der Waals surface area contributed by atoms with Gasteiger partial charge in [-0.1, -0.05) is 0 Å². The quantitative estimate of drug-likeness (QED) is 0.883. The number of nitrogens with zero attached hydrogens (tertiary/aromatic N) is 2. The Morgan fingerprint density at radius 2 is 2.14 bits per heavy atom. The van der Waals surface area contributed by atoms with Crippen LogP contribution in [0.25, 0.3) is 11.0 Å². The van der Waals surface area contributed by atoms with E-state index in [0.29, 0.717) is 16.9 Å². The van der Waals surface area contributed by atoms with Crippen LogP contribution in [-0.2, 0) is 4.79 Å². The average Bonchev–Trinajstić information content (AvgIpc) is 2.82. The van der Waals surface area contributed by atoms with Crippen molar-refractivity contribution >= 4 is 28.5 Å². The number of carbonyl (C=O) groups excluding carboxylic acids is 1. The number of fused-ring (bicyclic) bond motifs is 1. The van der Waals surface area contributed by atoms with Crippen LogP contribution in [0.15, 0.2) is 12.1 Å². The number of alkyl halides is 1. The third-order valence-electron chi connectivity index (χ3n) is 3.36. The van der Waals surface area contributed by atoms with Crippen LogP contribution in [0.5, 0.6) is 5.75 Å². The van der Waals surface area contributed by atoms with Gasteiger partial charge in [0.15, 0.2) is 11.6 Å². The van der Waals surface area contributed by atoms with Crippen LogP contribution in [0.4, 0.5) is 4.39 Å². The third kappa shape index (κ3) is 2.68. The highest BCUT2D eigenvalue weighted by molar-refractivity contribution is 6.20. The summed E-state index contributed by atoms with van der Waals surface area (Å²) in [5, 5.41) is 2.17. The predicted octanol–water partition coefficient (Wildman–Crippen LogP) is 2.79. The number of carbonyl (C=O) groups is 1. The number of nitrogens with one attached hydrogen (secondary N) is 1. The van der Waals surface area contributed by atoms with Crippen molar-refractivity contribution in [3.05, 3.63) is 23.8 Å². The molecule has 0 aliphatic heterocycles. The molecule has 0 aliphatic carbocycles. The minimum absolute atomic E-state index is 0.0986. The third-order valence-corrected chi connectivity index (χ3v) is 3.55. The number of benzene rings is 1. The second kappa shape index (κ2) is 5.89. The molecule has 2 unspecified atom stereocenters. The van der Waals surface area contributed by atoms with Gasteiger partial charge in [-0.05, 0) is 13.8 Å². The Hall–Kier alpha value is -1.82. The molecule has 0 fully saturated rings. The molecule has 0 aliphatic rings. The fraction of sp³-hybridized carbons (Fsp3) is 0.429. The number of hydrogen-bond donors (Lipinski definition) is 1. The van der Waals surface area contributed by atoms with Crippen molar-refractivity contribution in [3.8, 4) is 5.75 Å². The van der Waals surface area contributed by atoms with E-state index in [1.54, 1.807) is 25.5 Å². The molecule has 0 spiro atoms. The standard InChI is InChI=1S/C14H17ClFN3O2/c1-7(15)13-18-10-5-9(16)12(21-4)6-11(10)19(13)8(2)14(20)17-3/h5-8H,1-4H3,(H,17,20). The normalized spacial score (nSPS) is 14.0. The Kier molecular flexibility index (Phi) is 4.37. The topological polar surface area (TPSA) is 56.2 Å². The van der Waals surface area contributed by atoms with Crippen LogP contribution in [-0.4, -0.2) is 29.6 Å². The molecule has 114 valence electrons. The summed E-state index contributed by atoms with van der Waals surface area (Å²) in [5.74, 6) is -0.0795. The van der Waals surface area contributed by atoms with Crippen LogP contribution in [0.1, 0.15) is 31.1 Å². The zero-order chi connectivity index (χ0) is 15.7. The number of ether oxygens (including phenoxy) is 1. The lowest BCUT2D eigenvalue weighted by molar-refractivity contribution is -0.123. The smallest absolute Gasteiger partial charge is 0.242 e. The Morgan fingerprint density at radius 1 is 1.48 bits per heavy atom. The summed E-state index contributed by atoms with van der Waals surface area (Å²) in [7, 11) is 2.94. The van der Waals surface area contributed by atoms with E-state index in [4.69, 9.17) is 16.3 Å². The lowest BCUT2D eigenvalue weighted by atomic mass is 10.2. The zero-order valence-electron chi connectivity index (χ0n) is 12.3. The van der Waals surface area contributed by atoms with Crippen LogP contribution in [0.3, 0.4) is 0 Å². The lowest BCUT2D eigenvalue weighted by Gasteiger charge is -2.17. The molecule has 0 bridgehead atoms. The summed E-state index contributed by atoms with van der Waals surface area (Å²) < 4.78 is 20.5. The van der Waals surface area contributed by atoms with Crippen molar-refractivity contribution in [1.82, 2.24) is 14.9 Å². The van der Waals surface area contributed by atoms with Crippen molar-refractivity contribution < 1.29 is 13.9 Å². The second-order valence-electron chi connectivity index (χ2n) is 4.72. The molecule has 1 aromatic carbocycles. The highest BCUT2D eigenvalue weighted by Crippen LogP contribution is 2.31. The minimum Gasteiger partial charge on any atom is -0.494 e. The largest absolute Gasteiger partial charge is 0.494 e. The maximum Gasteiger partial charge on any atom is 0.242 e. The van der Waals surface area contributed by atoms with Crippen LogP contribution in [0, 0.1) is 5.82 Å². The molecule has 1 aromatic heterocycles. The highest BCUT2D eigenvalue weighted by Gasteiger charge is 2.24. The van der Waals surface area contributed by atoms with E-state index in [1.165, 1.54) is 19.2 Å². The number of hydrogen-bond acceptors (Lipinski definition) is 3. The van der Waals surface area contributed by atoms with E-state index in [2.05, 4.69) is 10.3 Å². The fourth-order valence-electron chi connectivity index (χ4n) is 2.29. The van der Waals surface area contributed by atoms with Gasteiger partial charge < -0.3 is 14.6 Å². The van der Waals surface area contributed by atoms with Gasteiger partial charge in [0.25, 0.3) is 0 Å². The number of rotatable bonds is 4. The highest BCUT2D eigenvalue weighted by atomic mass is 35.5. The van der Waals surface area contributed by atoms with Gasteiger partial charge in [0.05, 0.1) is 23.5 Å². The van der Waals surface area contributed by atoms with Gasteiger partial charge in [-0.15, -0.1) is 11.6 Å². The summed E-state index contributed by atoms with van der Waals surface area (Å²) in [6.45, 7) is 3.49. The summed E-state index contributed by atoms with van der Waals surface area (Å²) >= 11 is 6.15. The van der Waals surface area contributed by atoms with Gasteiger partial charge in [0, 0.05) is 19.2 Å². The zero-order valence-corrected chi connectivity index (χ0v) is 13.0. The summed E-state index contributed by atoms with van der Waals surface area (Å²) in [5.41, 5.74) is 1.04. The first-order valence-corrected chi connectivity index (χ1v) is 6.95. The molecule has 7 heteroatoms. The van der Waals surface area contributed by atoms with Crippen molar-refractivity contribution in [2.45, 2.75) is 25.3 Å². The van der Waals surface area contributed by atoms with E-state index in [9.17, 15) is 9.18 Å². The fourth-order valence-corrected chi connectivity index (χ4v) is 2.44. The molecule has 2 aromatic rings. The maximum absolute atomic E-state index is 13.8. The van der Waals surface area contributed by atoms with Crippen LogP contribution in [0.2, 0.25) is 0 Å². The SMILES string of the molecule is CNC(=O)C(C)n1c(C(C)Cl)nc2cc(F)c(OC)cc21. The first kappa shape index (κ1) is 15.6. The van der Waals surface area contributed by atoms with Crippen molar-refractivity contribution in [2.75, 3.05) is 14.2 Å². The van der Waals surface area contributed by atoms with E-state index >= 15 is 0 Å². The molecule has 1 heterocycles. The van der Waals surface area contributed by atoms with E-state index in [0.717, 1.165) is 0 Å². The molecule has 21 heavy (non-hydrogen) atoms. The van der Waals surface area contributed by atoms with E-state index < -0.39 is 17.2 Å². The first-order chi connectivity index (χ1) is 9.90. The molecule has 1 N–H and O–H groups in total. The number of likely N-dealkylation sites (N-methyl/N-ethyl adjacent to an activating group) is 1. The average molecular weight is 314 g/mol. The maximum atomic E-state index is 13.8. The molecule has 2 atom stereocenters. The van der Waals surface area contributed by atoms with E-state index in [1.807, 2.05) is 0 Å². The van der Waals surface area contributed by atoms with Crippen molar-refractivity contribution in [3.63, 3.8) is 0 Å². The van der Waals surface area contributed by atoms with Gasteiger partial charge in [0.1, 0.15) is 11.9 Å². The second-order valence-corrected chi connectivity index (χ2v) is 5.38. The van der Waals surface area contributed by atoms with Crippen molar-refractivity contribution in [2.24, 2.45) is 0 Å². The van der Waals surface area contributed by atoms with E-state index in [-0.39, 0.29) is 11.7 Å². The monoisotopic (exact) mass is 313 g/mol. The number of imidazole rings is 1. The molecular formula is C14H17ClFN3O2. The Balaban J connectivity index is 2.74. The Labute approximate surface area is 127 Å². The predicted molar refractivity (Wildman–Crippen MR) is 79.3 cm³/mol. The number of methoxy groups -OCH3 is 1. The molecule has 0 radical (unpaired) electrons. The van der Waals surface area contributed by atoms with Gasteiger partial charge in [0.2, 0.25) is 5.91 Å². The van der Waals surface area contributed by atoms with Gasteiger partial charge in [-0.2, -0.15) is 0 Å². The summed E-state index contributed by atoms with van der Waals surface area (Å²) in [6.07, 6.45) is 0. The molecular weight excluding hydrogens is 297 g/mol. The van der Waals surface area contributed by atoms with Crippen molar-refractivity contribution in [1.29, 1.82) is 0 Å². The van der Waals surface area contributed by atoms with Crippen LogP contribution >= 0.6 is 11.6 Å². The number of amides is 1. The van der Waals surface area contributed by atoms with Gasteiger partial charge in [-0.25, -0.2) is 9.37 Å².